The molecule has 1 heterocycles. The van der Waals surface area contributed by atoms with Gasteiger partial charge in [0.1, 0.15) is 5.52 Å². The average Bonchev–Trinajstić information content (AvgIpc) is 2.78. The molecule has 0 spiro atoms. The van der Waals surface area contributed by atoms with Gasteiger partial charge < -0.3 is 14.8 Å². The summed E-state index contributed by atoms with van der Waals surface area (Å²) >= 11 is 0. The van der Waals surface area contributed by atoms with E-state index in [2.05, 4.69) is 24.1 Å². The summed E-state index contributed by atoms with van der Waals surface area (Å²) in [6, 6.07) is 5.60. The first kappa shape index (κ1) is 13.9. The topological polar surface area (TPSA) is 75.4 Å². The Morgan fingerprint density at radius 1 is 1.29 bits per heavy atom. The Hall–Kier alpha value is -2.04. The van der Waals surface area contributed by atoms with Crippen LogP contribution in [0.5, 0.6) is 0 Å². The molecule has 2 atom stereocenters. The molecule has 1 fully saturated rings. The molecule has 5 nitrogen and oxygen atoms in total. The zero-order chi connectivity index (χ0) is 15.0. The van der Waals surface area contributed by atoms with Crippen molar-refractivity contribution in [2.45, 2.75) is 39.2 Å². The van der Waals surface area contributed by atoms with Crippen LogP contribution in [0, 0.1) is 11.8 Å². The van der Waals surface area contributed by atoms with E-state index < -0.39 is 5.97 Å². The number of fused-ring (bicyclic) bond motifs is 1. The van der Waals surface area contributed by atoms with Crippen LogP contribution in [0.25, 0.3) is 11.1 Å². The number of oxazole rings is 1. The molecule has 0 amide bonds. The zero-order valence-corrected chi connectivity index (χ0v) is 12.3. The lowest BCUT2D eigenvalue weighted by molar-refractivity contribution is 0.0697. The van der Waals surface area contributed by atoms with Crippen LogP contribution < -0.4 is 5.32 Å². The SMILES string of the molecule is CC1CC(C)CC(Nc2nc3ccc(C(=O)O)cc3o2)C1. The second kappa shape index (κ2) is 5.39. The summed E-state index contributed by atoms with van der Waals surface area (Å²) in [5.41, 5.74) is 1.40. The first-order chi connectivity index (χ1) is 10.0. The molecule has 0 bridgehead atoms. The number of aromatic carboxylic acids is 1. The molecule has 1 aliphatic rings. The molecule has 0 saturated heterocycles. The molecule has 2 unspecified atom stereocenters. The first-order valence-corrected chi connectivity index (χ1v) is 7.41. The number of hydrogen-bond acceptors (Lipinski definition) is 4. The number of nitrogens with zero attached hydrogens (tertiary/aromatic N) is 1. The van der Waals surface area contributed by atoms with Crippen molar-refractivity contribution in [3.63, 3.8) is 0 Å². The third kappa shape index (κ3) is 3.01. The van der Waals surface area contributed by atoms with Gasteiger partial charge in [-0.1, -0.05) is 13.8 Å². The highest BCUT2D eigenvalue weighted by atomic mass is 16.4. The molecule has 1 aromatic heterocycles. The van der Waals surface area contributed by atoms with Crippen molar-refractivity contribution in [2.75, 3.05) is 5.32 Å². The smallest absolute Gasteiger partial charge is 0.335 e. The fourth-order valence-electron chi connectivity index (χ4n) is 3.36. The van der Waals surface area contributed by atoms with Crippen molar-refractivity contribution in [1.29, 1.82) is 0 Å². The van der Waals surface area contributed by atoms with E-state index in [1.807, 2.05) is 0 Å². The summed E-state index contributed by atoms with van der Waals surface area (Å²) in [6.07, 6.45) is 3.50. The summed E-state index contributed by atoms with van der Waals surface area (Å²) in [6.45, 7) is 4.55. The van der Waals surface area contributed by atoms with Crippen LogP contribution in [-0.2, 0) is 0 Å². The second-order valence-electron chi connectivity index (χ2n) is 6.27. The van der Waals surface area contributed by atoms with Gasteiger partial charge in [-0.2, -0.15) is 4.98 Å². The van der Waals surface area contributed by atoms with E-state index >= 15 is 0 Å². The predicted molar refractivity (Wildman–Crippen MR) is 80.6 cm³/mol. The number of carbonyl (C=O) groups is 1. The Morgan fingerprint density at radius 2 is 2.00 bits per heavy atom. The van der Waals surface area contributed by atoms with Gasteiger partial charge in [-0.3, -0.25) is 0 Å². The van der Waals surface area contributed by atoms with Gasteiger partial charge in [-0.25, -0.2) is 4.79 Å². The molecule has 2 aromatic rings. The molecule has 1 saturated carbocycles. The second-order valence-corrected chi connectivity index (χ2v) is 6.27. The minimum atomic E-state index is -0.960. The van der Waals surface area contributed by atoms with Crippen molar-refractivity contribution in [1.82, 2.24) is 4.98 Å². The van der Waals surface area contributed by atoms with Gasteiger partial charge in [0.05, 0.1) is 5.56 Å². The maximum Gasteiger partial charge on any atom is 0.335 e. The van der Waals surface area contributed by atoms with Crippen LogP contribution in [0.3, 0.4) is 0 Å². The molecule has 21 heavy (non-hydrogen) atoms. The third-order valence-electron chi connectivity index (χ3n) is 4.14. The lowest BCUT2D eigenvalue weighted by Crippen LogP contribution is -2.30. The Morgan fingerprint density at radius 3 is 2.67 bits per heavy atom. The lowest BCUT2D eigenvalue weighted by atomic mass is 9.80. The van der Waals surface area contributed by atoms with E-state index in [1.165, 1.54) is 12.5 Å². The largest absolute Gasteiger partial charge is 0.478 e. The number of anilines is 1. The average molecular weight is 288 g/mol. The van der Waals surface area contributed by atoms with Gasteiger partial charge in [0.25, 0.3) is 6.01 Å². The highest BCUT2D eigenvalue weighted by molar-refractivity contribution is 5.92. The molecular formula is C16H20N2O3. The summed E-state index contributed by atoms with van der Waals surface area (Å²) < 4.78 is 5.65. The van der Waals surface area contributed by atoms with Crippen LogP contribution in [0.2, 0.25) is 0 Å². The Labute approximate surface area is 123 Å². The van der Waals surface area contributed by atoms with E-state index in [0.29, 0.717) is 35.0 Å². The predicted octanol–water partition coefficient (Wildman–Crippen LogP) is 3.76. The Kier molecular flexibility index (Phi) is 3.57. The number of carboxylic acids is 1. The molecule has 0 radical (unpaired) electrons. The van der Waals surface area contributed by atoms with E-state index in [4.69, 9.17) is 9.52 Å². The first-order valence-electron chi connectivity index (χ1n) is 7.41. The van der Waals surface area contributed by atoms with Gasteiger partial charge >= 0.3 is 5.97 Å². The summed E-state index contributed by atoms with van der Waals surface area (Å²) in [5, 5.41) is 12.3. The highest BCUT2D eigenvalue weighted by Gasteiger charge is 2.25. The van der Waals surface area contributed by atoms with Crippen molar-refractivity contribution in [3.05, 3.63) is 23.8 Å². The van der Waals surface area contributed by atoms with Gasteiger partial charge in [0.2, 0.25) is 0 Å². The molecule has 2 N–H and O–H groups in total. The van der Waals surface area contributed by atoms with Crippen molar-refractivity contribution < 1.29 is 14.3 Å². The van der Waals surface area contributed by atoms with E-state index in [0.717, 1.165) is 12.8 Å². The minimum absolute atomic E-state index is 0.213. The van der Waals surface area contributed by atoms with E-state index in [-0.39, 0.29) is 5.56 Å². The third-order valence-corrected chi connectivity index (χ3v) is 4.14. The maximum absolute atomic E-state index is 11.0. The van der Waals surface area contributed by atoms with E-state index in [1.54, 1.807) is 12.1 Å². The van der Waals surface area contributed by atoms with Crippen LogP contribution in [-0.4, -0.2) is 22.1 Å². The molecule has 3 rings (SSSR count). The summed E-state index contributed by atoms with van der Waals surface area (Å²) in [7, 11) is 0. The quantitative estimate of drug-likeness (QED) is 0.899. The number of aromatic nitrogens is 1. The lowest BCUT2D eigenvalue weighted by Gasteiger charge is -2.31. The number of benzene rings is 1. The van der Waals surface area contributed by atoms with Crippen molar-refractivity contribution in [3.8, 4) is 0 Å². The molecule has 5 heteroatoms. The summed E-state index contributed by atoms with van der Waals surface area (Å²) in [5.74, 6) is 0.446. The van der Waals surface area contributed by atoms with E-state index in [9.17, 15) is 4.79 Å². The summed E-state index contributed by atoms with van der Waals surface area (Å²) in [4.78, 5) is 15.3. The molecule has 1 aliphatic carbocycles. The van der Waals surface area contributed by atoms with Crippen LogP contribution in [0.4, 0.5) is 6.01 Å². The fourth-order valence-corrected chi connectivity index (χ4v) is 3.36. The molecular weight excluding hydrogens is 268 g/mol. The number of carboxylic acid groups (broad SMARTS) is 1. The zero-order valence-electron chi connectivity index (χ0n) is 12.3. The molecule has 1 aromatic carbocycles. The number of rotatable bonds is 3. The molecule has 0 aliphatic heterocycles. The normalized spacial score (nSPS) is 25.9. The van der Waals surface area contributed by atoms with Gasteiger partial charge in [0, 0.05) is 6.04 Å². The highest BCUT2D eigenvalue weighted by Crippen LogP contribution is 2.31. The van der Waals surface area contributed by atoms with Gasteiger partial charge in [-0.05, 0) is 49.3 Å². The minimum Gasteiger partial charge on any atom is -0.478 e. The number of hydrogen-bond donors (Lipinski definition) is 2. The molecule has 112 valence electrons. The Bertz CT molecular complexity index is 655. The van der Waals surface area contributed by atoms with Crippen LogP contribution in [0.15, 0.2) is 22.6 Å². The van der Waals surface area contributed by atoms with Crippen LogP contribution in [0.1, 0.15) is 43.5 Å². The monoisotopic (exact) mass is 288 g/mol. The van der Waals surface area contributed by atoms with Gasteiger partial charge in [0.15, 0.2) is 5.58 Å². The van der Waals surface area contributed by atoms with Crippen LogP contribution >= 0.6 is 0 Å². The number of nitrogens with one attached hydrogen (secondary N) is 1. The standard InChI is InChI=1S/C16H20N2O3/c1-9-5-10(2)7-12(6-9)17-16-18-13-4-3-11(15(19)20)8-14(13)21-16/h3-4,8-10,12H,5-7H2,1-2H3,(H,17,18)(H,19,20). The fraction of sp³-hybridized carbons (Fsp3) is 0.500. The van der Waals surface area contributed by atoms with Gasteiger partial charge in [-0.15, -0.1) is 0 Å². The van der Waals surface area contributed by atoms with Crippen molar-refractivity contribution >= 4 is 23.1 Å². The Balaban J connectivity index is 1.79. The van der Waals surface area contributed by atoms with Crippen molar-refractivity contribution in [2.24, 2.45) is 11.8 Å². The maximum atomic E-state index is 11.0.